The zero-order chi connectivity index (χ0) is 94.8. The van der Waals surface area contributed by atoms with Crippen molar-refractivity contribution >= 4 is 129 Å². The maximum absolute atomic E-state index is 18.0. The molecule has 3 aromatic rings. The molecule has 42 heteroatoms. The number of aliphatic hydroxyl groups is 2. The summed E-state index contributed by atoms with van der Waals surface area (Å²) in [6.07, 6.45) is -3.27. The molecule has 128 heavy (non-hydrogen) atoms. The molecule has 6 aliphatic rings. The lowest BCUT2D eigenvalue weighted by Crippen LogP contribution is -2.70. The Kier molecular flexibility index (Phi) is 32.4. The van der Waals surface area contributed by atoms with Gasteiger partial charge in [-0.3, -0.25) is 86.3 Å². The van der Waals surface area contributed by atoms with Gasteiger partial charge in [-0.1, -0.05) is 25.1 Å². The van der Waals surface area contributed by atoms with Gasteiger partial charge in [0, 0.05) is 136 Å². The molecule has 12 atom stereocenters. The van der Waals surface area contributed by atoms with E-state index in [1.165, 1.54) is 115 Å². The monoisotopic (exact) mass is 1810 g/mol. The molecule has 2 aromatic carbocycles. The summed E-state index contributed by atoms with van der Waals surface area (Å²) in [5, 5.41) is 39.2. The molecule has 696 valence electrons. The van der Waals surface area contributed by atoms with E-state index in [1.807, 2.05) is 12.1 Å². The van der Waals surface area contributed by atoms with Crippen LogP contribution >= 0.6 is 11.3 Å². The van der Waals surface area contributed by atoms with Gasteiger partial charge in [-0.05, 0) is 118 Å². The number of anilines is 2. The maximum Gasteiger partial charge on any atom is 0.323 e. The van der Waals surface area contributed by atoms with E-state index in [0.29, 0.717) is 21.9 Å². The first kappa shape index (κ1) is 99.9. The van der Waals surface area contributed by atoms with Gasteiger partial charge >= 0.3 is 5.97 Å². The Hall–Kier alpha value is -11.9. The topological polar surface area (TPSA) is 467 Å². The minimum atomic E-state index is -2.42. The fourth-order valence-electron chi connectivity index (χ4n) is 17.1. The van der Waals surface area contributed by atoms with Crippen LogP contribution in [-0.4, -0.2) is 361 Å². The van der Waals surface area contributed by atoms with E-state index in [4.69, 9.17) is 19.3 Å². The van der Waals surface area contributed by atoms with E-state index in [-0.39, 0.29) is 81.3 Å². The van der Waals surface area contributed by atoms with E-state index in [2.05, 4.69) is 16.0 Å². The third kappa shape index (κ3) is 22.3. The maximum atomic E-state index is 18.0. The first-order valence-electron chi connectivity index (χ1n) is 41.4. The third-order valence-electron chi connectivity index (χ3n) is 24.8. The van der Waals surface area contributed by atoms with E-state index in [1.54, 1.807) is 31.2 Å². The second kappa shape index (κ2) is 41.5. The number of thiophene rings is 1. The van der Waals surface area contributed by atoms with Crippen LogP contribution in [0.1, 0.15) is 106 Å². The number of alkyl halides is 2. The van der Waals surface area contributed by atoms with Crippen LogP contribution in [-0.2, 0) is 109 Å². The van der Waals surface area contributed by atoms with Crippen LogP contribution in [0.3, 0.4) is 0 Å². The number of carboxylic acid groups (broad SMARTS) is 1. The Labute approximate surface area is 740 Å². The number of allylic oxidation sites excluding steroid dienone is 4. The first-order chi connectivity index (χ1) is 60.0. The lowest BCUT2D eigenvalue weighted by atomic mass is 9.44. The number of aliphatic carboxylic acids is 1. The van der Waals surface area contributed by atoms with Gasteiger partial charge in [-0.25, -0.2) is 18.1 Å². The van der Waals surface area contributed by atoms with Crippen LogP contribution in [0, 0.1) is 28.5 Å². The number of amides is 15. The van der Waals surface area contributed by atoms with E-state index in [9.17, 15) is 96.5 Å². The number of fused-ring (bicyclic) bond motifs is 7. The molecule has 2 aliphatic heterocycles. The summed E-state index contributed by atoms with van der Waals surface area (Å²) in [5.74, 6) is -15.4. The molecule has 9 rings (SSSR count). The van der Waals surface area contributed by atoms with Crippen molar-refractivity contribution in [2.75, 3.05) is 159 Å². The molecule has 6 N–H and O–H groups in total. The van der Waals surface area contributed by atoms with Crippen LogP contribution in [0.4, 0.5) is 24.5 Å². The summed E-state index contributed by atoms with van der Waals surface area (Å²) in [6, 6.07) is 10.3. The van der Waals surface area contributed by atoms with Gasteiger partial charge in [0.2, 0.25) is 88.6 Å². The number of benzene rings is 2. The van der Waals surface area contributed by atoms with Crippen LogP contribution in [0.5, 0.6) is 5.75 Å². The van der Waals surface area contributed by atoms with Crippen LogP contribution < -0.4 is 25.6 Å². The van der Waals surface area contributed by atoms with E-state index in [0.717, 1.165) is 77.6 Å². The molecule has 5 fully saturated rings. The number of ether oxygens (including phenoxy) is 3. The molecule has 3 saturated carbocycles. The number of nitrogens with zero attached hydrogens (tertiary/aromatic N) is 11. The largest absolute Gasteiger partial charge is 0.493 e. The summed E-state index contributed by atoms with van der Waals surface area (Å²) in [6.45, 7) is -0.361. The summed E-state index contributed by atoms with van der Waals surface area (Å²) < 4.78 is 69.3. The minimum absolute atomic E-state index is 0.000139. The number of ketones is 2. The lowest BCUT2D eigenvalue weighted by Gasteiger charge is -2.63. The summed E-state index contributed by atoms with van der Waals surface area (Å²) in [5.41, 5.74) is -6.44. The second-order valence-electron chi connectivity index (χ2n) is 34.1. The van der Waals surface area contributed by atoms with Gasteiger partial charge in [-0.2, -0.15) is 0 Å². The second-order valence-corrected chi connectivity index (χ2v) is 35.3. The first-order valence-corrected chi connectivity index (χ1v) is 42.2. The van der Waals surface area contributed by atoms with Crippen molar-refractivity contribution in [1.29, 1.82) is 0 Å². The van der Waals surface area contributed by atoms with Crippen LogP contribution in [0.25, 0.3) is 0 Å². The Morgan fingerprint density at radius 2 is 1.10 bits per heavy atom. The molecular weight excluding hydrogens is 1700 g/mol. The number of rotatable bonds is 39. The number of carbonyl (C=O) groups excluding carboxylic acids is 17. The zero-order valence-corrected chi connectivity index (χ0v) is 74.7. The molecule has 0 radical (unpaired) electrons. The van der Waals surface area contributed by atoms with Crippen molar-refractivity contribution < 1.29 is 129 Å². The smallest absolute Gasteiger partial charge is 0.323 e. The number of halogens is 3. The number of hydrogen-bond donors (Lipinski definition) is 6. The highest BCUT2D eigenvalue weighted by Gasteiger charge is 2.80. The molecule has 2 saturated heterocycles. The highest BCUT2D eigenvalue weighted by Crippen LogP contribution is 2.73. The van der Waals surface area contributed by atoms with Crippen molar-refractivity contribution in [3.05, 3.63) is 99.0 Å². The lowest BCUT2D eigenvalue weighted by molar-refractivity contribution is -0.234. The molecule has 38 nitrogen and oxygen atoms in total. The van der Waals surface area contributed by atoms with Gasteiger partial charge in [0.05, 0.1) is 88.3 Å². The molecule has 4 aliphatic carbocycles. The quantitative estimate of drug-likeness (QED) is 0.0328. The summed E-state index contributed by atoms with van der Waals surface area (Å²) in [4.78, 5) is 246. The highest BCUT2D eigenvalue weighted by atomic mass is 32.1. The van der Waals surface area contributed by atoms with E-state index < -0.39 is 260 Å². The van der Waals surface area contributed by atoms with Crippen molar-refractivity contribution in [3.63, 3.8) is 0 Å². The van der Waals surface area contributed by atoms with Crippen molar-refractivity contribution in [1.82, 2.24) is 59.6 Å². The molecule has 3 heterocycles. The van der Waals surface area contributed by atoms with Crippen LogP contribution in [0.15, 0.2) is 72.3 Å². The molecule has 15 amide bonds. The highest BCUT2D eigenvalue weighted by molar-refractivity contribution is 7.12. The number of carbonyl (C=O) groups is 18. The molecule has 0 spiro atoms. The van der Waals surface area contributed by atoms with Crippen molar-refractivity contribution in [3.8, 4) is 5.75 Å². The van der Waals surface area contributed by atoms with Gasteiger partial charge in [0.15, 0.2) is 29.1 Å². The number of aryl methyl sites for hydroxylation is 1. The van der Waals surface area contributed by atoms with Crippen LogP contribution in [0.2, 0.25) is 0 Å². The fraction of sp³-hybridized carbons (Fsp3) is 0.558. The normalized spacial score (nSPS) is 22.8. The fourth-order valence-corrected chi connectivity index (χ4v) is 18.1. The number of Topliss-reactive ketones (excluding diaryl/α,β-unsaturated/α-hetero) is 1. The predicted octanol–water partition coefficient (Wildman–Crippen LogP) is 0.183. The number of aliphatic hydroxyl groups excluding tert-OH is 2. The van der Waals surface area contributed by atoms with Gasteiger partial charge < -0.3 is 94.5 Å². The zero-order valence-electron chi connectivity index (χ0n) is 73.9. The Morgan fingerprint density at radius 1 is 0.617 bits per heavy atom. The average molecular weight is 1810 g/mol. The van der Waals surface area contributed by atoms with Crippen molar-refractivity contribution in [2.45, 2.75) is 140 Å². The number of imide groups is 1. The standard InChI is InChI=1S/C86H111F3N14O24S/c1-48(80(123)91-49(2)81(124)92-52-18-15-17-50(29-52)30-54-21-22-62(128-54)82-126-65-34-55-56-33-58(87)57-32-53(105)26-27-83(57,3)85(56,89)63(106)36-84(55,4)86(65,127-82)64(107)47-104)90-66(108)23-20-51-31-59(88)60(103-68(110)24-25-69(103)111)35-61(51)125-28-16-19-67(109)93(5)37-70(112)94(6)38-71(113)95(7)39-72(114)96(8)40-73(115)97(9)41-74(116)98(10)42-75(117)99(11)43-76(118)100(12)44-77(119)101(13)45-78(120)102(14)46-79(121)122/h15,17-18,21-22,26-27,29,31-32,35,48-49,55-56,58,63,65,82,104,106H,16,19-20,23-25,28,30,33-34,36-47H2,1-14H3,(H,90,108)(H,91,123)(H,92,124)(H,121,122)/t48-,49-,55-,56-,58-,63-,65+,82+,83-,84-,85-,86+/m0/s1. The Bertz CT molecular complexity index is 4940. The third-order valence-corrected chi connectivity index (χ3v) is 25.9. The number of nitrogens with one attached hydrogen (secondary N) is 3. The van der Waals surface area contributed by atoms with Gasteiger partial charge in [0.25, 0.3) is 0 Å². The number of hydrogen-bond acceptors (Lipinski definition) is 24. The summed E-state index contributed by atoms with van der Waals surface area (Å²) in [7, 11) is 12.9. The van der Waals surface area contributed by atoms with Gasteiger partial charge in [-0.15, -0.1) is 11.3 Å². The molecule has 0 bridgehead atoms. The number of likely N-dealkylation sites (N-methyl/N-ethyl adjacent to an activating group) is 10. The molecular formula is C86H111F3N14O24S. The van der Waals surface area contributed by atoms with Gasteiger partial charge in [0.1, 0.15) is 43.0 Å². The SMILES string of the molecule is C[C@H](NC(=O)CCc1cc(F)c(N2C(=O)CCC2=O)cc1OCCCC(=O)N(C)CC(=O)N(C)CC(=O)N(C)CC(=O)N(C)CC(=O)N(C)CC(=O)N(C)CC(=O)N(C)CC(=O)N(C)CC(=O)N(C)CC(=O)N(C)CC(=O)O)C(=O)N[C@@H](C)C(=O)Nc1cccc(Cc2ccc([C@@H]3O[C@@H]4C[C@H]5[C@@H]6C[C@H](F)C7=CC(=O)C=C[C@]7(C)[C@@]6(F)[C@@H](O)C[C@]5(C)[C@]4(C(=O)CO)O3)s2)c1. The average Bonchev–Trinajstić information content (AvgIpc) is 1.48. The van der Waals surface area contributed by atoms with E-state index >= 15 is 13.2 Å². The summed E-state index contributed by atoms with van der Waals surface area (Å²) >= 11 is 1.31. The Balaban J connectivity index is 0.681. The number of carboxylic acids is 1. The predicted molar refractivity (Wildman–Crippen MR) is 450 cm³/mol. The van der Waals surface area contributed by atoms with Crippen molar-refractivity contribution in [2.24, 2.45) is 22.7 Å². The molecule has 0 unspecified atom stereocenters. The Morgan fingerprint density at radius 3 is 1.59 bits per heavy atom. The molecule has 1 aromatic heterocycles. The minimum Gasteiger partial charge on any atom is -0.493 e.